The molecule has 6 nitrogen and oxygen atoms in total. The number of halogens is 3. The van der Waals surface area contributed by atoms with Crippen LogP contribution in [0.15, 0.2) is 72.9 Å². The molecule has 4 rings (SSSR count). The summed E-state index contributed by atoms with van der Waals surface area (Å²) in [6, 6.07) is 4.36. The molecule has 1 aromatic heterocycles. The van der Waals surface area contributed by atoms with Crippen molar-refractivity contribution in [1.82, 2.24) is 19.8 Å². The minimum absolute atomic E-state index is 0.00904. The number of carbonyl (C=O) groups excluding carboxylic acids is 1. The molecule has 1 amide bonds. The molecule has 0 saturated heterocycles. The maximum Gasteiger partial charge on any atom is 0.416 e. The zero-order chi connectivity index (χ0) is 20.6. The molecule has 0 unspecified atom stereocenters. The summed E-state index contributed by atoms with van der Waals surface area (Å²) >= 11 is 0. The number of rotatable bonds is 3. The van der Waals surface area contributed by atoms with E-state index in [4.69, 9.17) is 0 Å². The monoisotopic (exact) mass is 400 g/mol. The highest BCUT2D eigenvalue weighted by Crippen LogP contribution is 2.37. The van der Waals surface area contributed by atoms with Crippen molar-refractivity contribution in [3.63, 3.8) is 0 Å². The first kappa shape index (κ1) is 18.7. The van der Waals surface area contributed by atoms with Crippen LogP contribution in [0.4, 0.5) is 13.2 Å². The lowest BCUT2D eigenvalue weighted by molar-refractivity contribution is -0.137. The average Bonchev–Trinajstić information content (AvgIpc) is 2.72. The van der Waals surface area contributed by atoms with Crippen LogP contribution >= 0.6 is 0 Å². The molecule has 9 heteroatoms. The molecule has 0 radical (unpaired) electrons. The normalized spacial score (nSPS) is 16.8. The van der Waals surface area contributed by atoms with Crippen LogP contribution in [0, 0.1) is 0 Å². The summed E-state index contributed by atoms with van der Waals surface area (Å²) in [6.45, 7) is 0.376. The van der Waals surface area contributed by atoms with E-state index < -0.39 is 17.6 Å². The molecule has 1 N–H and O–H groups in total. The van der Waals surface area contributed by atoms with Crippen LogP contribution in [0.5, 0.6) is 0 Å². The topological polar surface area (TPSA) is 69.6 Å². The van der Waals surface area contributed by atoms with Gasteiger partial charge in [-0.05, 0) is 23.8 Å². The second-order valence-electron chi connectivity index (χ2n) is 6.48. The van der Waals surface area contributed by atoms with Gasteiger partial charge in [0.25, 0.3) is 5.91 Å². The molecule has 2 aromatic rings. The summed E-state index contributed by atoms with van der Waals surface area (Å²) in [7, 11) is 0. The predicted octanol–water partition coefficient (Wildman–Crippen LogP) is 3.48. The Balaban J connectivity index is 1.81. The molecule has 0 atom stereocenters. The number of hydrogen-bond acceptors (Lipinski definition) is 5. The molecule has 0 bridgehead atoms. The first-order valence-corrected chi connectivity index (χ1v) is 8.67. The molecule has 0 aliphatic carbocycles. The van der Waals surface area contributed by atoms with Gasteiger partial charge in [0.05, 0.1) is 12.1 Å². The summed E-state index contributed by atoms with van der Waals surface area (Å²) in [6.07, 6.45) is 5.06. The van der Waals surface area contributed by atoms with E-state index in [9.17, 15) is 23.1 Å². The van der Waals surface area contributed by atoms with Crippen LogP contribution in [0.3, 0.4) is 0 Å². The summed E-state index contributed by atoms with van der Waals surface area (Å²) < 4.78 is 39.4. The lowest BCUT2D eigenvalue weighted by Gasteiger charge is -2.40. The number of aliphatic hydroxyl groups is 1. The fraction of sp³-hybridized carbons (Fsp3) is 0.150. The third-order valence-electron chi connectivity index (χ3n) is 4.59. The number of amides is 1. The maximum atomic E-state index is 13.3. The van der Waals surface area contributed by atoms with Gasteiger partial charge in [-0.3, -0.25) is 14.6 Å². The first-order valence-electron chi connectivity index (χ1n) is 8.67. The van der Waals surface area contributed by atoms with E-state index in [0.717, 1.165) is 12.1 Å². The van der Waals surface area contributed by atoms with Crippen LogP contribution in [0.2, 0.25) is 0 Å². The Morgan fingerprint density at radius 3 is 2.66 bits per heavy atom. The molecule has 2 aliphatic rings. The van der Waals surface area contributed by atoms with Gasteiger partial charge in [-0.15, -0.1) is 0 Å². The number of nitrogens with zero attached hydrogens (tertiary/aromatic N) is 4. The van der Waals surface area contributed by atoms with E-state index in [1.165, 1.54) is 28.3 Å². The highest BCUT2D eigenvalue weighted by atomic mass is 19.4. The van der Waals surface area contributed by atoms with Crippen LogP contribution in [-0.4, -0.2) is 37.3 Å². The van der Waals surface area contributed by atoms with Gasteiger partial charge in [0.2, 0.25) is 5.88 Å². The van der Waals surface area contributed by atoms with E-state index in [1.54, 1.807) is 30.6 Å². The van der Waals surface area contributed by atoms with Crippen molar-refractivity contribution < 1.29 is 23.1 Å². The van der Waals surface area contributed by atoms with E-state index >= 15 is 0 Å². The van der Waals surface area contributed by atoms with Gasteiger partial charge in [-0.1, -0.05) is 24.3 Å². The lowest BCUT2D eigenvalue weighted by Crippen LogP contribution is -2.45. The van der Waals surface area contributed by atoms with E-state index in [1.807, 2.05) is 0 Å². The van der Waals surface area contributed by atoms with Crippen molar-refractivity contribution in [2.45, 2.75) is 12.7 Å². The summed E-state index contributed by atoms with van der Waals surface area (Å²) in [5.41, 5.74) is -0.460. The van der Waals surface area contributed by atoms with Gasteiger partial charge in [0.1, 0.15) is 17.7 Å². The van der Waals surface area contributed by atoms with E-state index in [2.05, 4.69) is 9.97 Å². The molecular weight excluding hydrogens is 385 g/mol. The highest BCUT2D eigenvalue weighted by Gasteiger charge is 2.38. The van der Waals surface area contributed by atoms with Crippen LogP contribution in [0.25, 0.3) is 5.57 Å². The van der Waals surface area contributed by atoms with Crippen molar-refractivity contribution in [3.05, 3.63) is 89.6 Å². The Labute approximate surface area is 163 Å². The second kappa shape index (κ2) is 7.08. The zero-order valence-corrected chi connectivity index (χ0v) is 15.0. The van der Waals surface area contributed by atoms with Crippen LogP contribution in [0.1, 0.15) is 16.7 Å². The Morgan fingerprint density at radius 2 is 1.93 bits per heavy atom. The summed E-state index contributed by atoms with van der Waals surface area (Å²) in [4.78, 5) is 24.0. The molecule has 0 fully saturated rings. The molecule has 3 heterocycles. The molecule has 0 spiro atoms. The van der Waals surface area contributed by atoms with Gasteiger partial charge < -0.3 is 5.11 Å². The van der Waals surface area contributed by atoms with Gasteiger partial charge in [-0.2, -0.15) is 13.2 Å². The second-order valence-corrected chi connectivity index (χ2v) is 6.48. The fourth-order valence-corrected chi connectivity index (χ4v) is 3.25. The number of aliphatic hydroxyl groups excluding tert-OH is 1. The number of aromatic nitrogens is 2. The Kier molecular flexibility index (Phi) is 4.57. The van der Waals surface area contributed by atoms with Crippen molar-refractivity contribution in [1.29, 1.82) is 0 Å². The van der Waals surface area contributed by atoms with Crippen molar-refractivity contribution in [3.8, 4) is 0 Å². The van der Waals surface area contributed by atoms with Crippen molar-refractivity contribution in [2.24, 2.45) is 0 Å². The van der Waals surface area contributed by atoms with Crippen LogP contribution < -0.4 is 0 Å². The summed E-state index contributed by atoms with van der Waals surface area (Å²) in [5.74, 6) is -0.566. The molecule has 148 valence electrons. The smallest absolute Gasteiger partial charge is 0.416 e. The fourth-order valence-electron chi connectivity index (χ4n) is 3.25. The largest absolute Gasteiger partial charge is 0.494 e. The third kappa shape index (κ3) is 3.46. The van der Waals surface area contributed by atoms with E-state index in [0.29, 0.717) is 11.4 Å². The standard InChI is InChI=1S/C20H15F3N4O2/c21-20(22,23)15-5-3-4-14(8-15)17-18(28)26-7-2-1-6-16(26)27(19(17)29)11-13-9-24-12-25-10-13/h1-6,8-10,12,28H,7,11H2. The Hall–Kier alpha value is -3.62. The number of benzene rings is 1. The Bertz CT molecular complexity index is 1050. The molecule has 2 aliphatic heterocycles. The van der Waals surface area contributed by atoms with Gasteiger partial charge in [0, 0.05) is 24.5 Å². The third-order valence-corrected chi connectivity index (χ3v) is 4.59. The lowest BCUT2D eigenvalue weighted by atomic mass is 9.99. The van der Waals surface area contributed by atoms with Crippen molar-refractivity contribution >= 4 is 11.5 Å². The number of allylic oxidation sites excluding steroid dienone is 2. The predicted molar refractivity (Wildman–Crippen MR) is 97.5 cm³/mol. The first-order chi connectivity index (χ1) is 13.9. The minimum atomic E-state index is -4.57. The number of alkyl halides is 3. The average molecular weight is 400 g/mol. The quantitative estimate of drug-likeness (QED) is 0.855. The number of hydrogen-bond donors (Lipinski definition) is 1. The van der Waals surface area contributed by atoms with E-state index in [-0.39, 0.29) is 30.1 Å². The van der Waals surface area contributed by atoms with Gasteiger partial charge in [0.15, 0.2) is 0 Å². The molecule has 0 saturated carbocycles. The molecule has 29 heavy (non-hydrogen) atoms. The SMILES string of the molecule is O=C1C(c2cccc(C(F)(F)F)c2)=C(O)N2CC=CC=C2N1Cc1cncnc1. The van der Waals surface area contributed by atoms with Gasteiger partial charge in [-0.25, -0.2) is 9.97 Å². The molecular formula is C20H15F3N4O2. The minimum Gasteiger partial charge on any atom is -0.494 e. The van der Waals surface area contributed by atoms with Crippen molar-refractivity contribution in [2.75, 3.05) is 6.54 Å². The number of carbonyl (C=O) groups is 1. The Morgan fingerprint density at radius 1 is 1.17 bits per heavy atom. The summed E-state index contributed by atoms with van der Waals surface area (Å²) in [5, 5.41) is 10.7. The number of fused-ring (bicyclic) bond motifs is 1. The highest BCUT2D eigenvalue weighted by molar-refractivity contribution is 6.21. The zero-order valence-electron chi connectivity index (χ0n) is 15.0. The van der Waals surface area contributed by atoms with Gasteiger partial charge >= 0.3 is 6.18 Å². The maximum absolute atomic E-state index is 13.3. The molecule has 1 aromatic carbocycles. The van der Waals surface area contributed by atoms with Crippen LogP contribution in [-0.2, 0) is 17.5 Å².